The van der Waals surface area contributed by atoms with E-state index in [0.717, 1.165) is 12.1 Å². The van der Waals surface area contributed by atoms with Crippen LogP contribution in [0.4, 0.5) is 13.2 Å². The molecule has 1 saturated heterocycles. The summed E-state index contributed by atoms with van der Waals surface area (Å²) in [5.74, 6) is -1.94. The van der Waals surface area contributed by atoms with Crippen LogP contribution in [0, 0.1) is 12.8 Å². The Balaban J connectivity index is 1.68. The molecule has 1 amide bonds. The number of amides is 1. The highest BCUT2D eigenvalue weighted by Gasteiger charge is 2.33. The molecule has 11 heteroatoms. The van der Waals surface area contributed by atoms with Crippen LogP contribution < -0.4 is 0 Å². The number of aryl methyl sites for hydroxylation is 2. The smallest absolute Gasteiger partial charge is 0.416 e. The van der Waals surface area contributed by atoms with Gasteiger partial charge in [-0.2, -0.15) is 13.2 Å². The molecule has 3 aromatic rings. The Kier molecular flexibility index (Phi) is 7.32. The van der Waals surface area contributed by atoms with E-state index in [1.54, 1.807) is 4.90 Å². The second-order valence-electron chi connectivity index (χ2n) is 9.26. The third kappa shape index (κ3) is 5.20. The van der Waals surface area contributed by atoms with Gasteiger partial charge in [-0.15, -0.1) is 0 Å². The number of aromatic nitrogens is 1. The molecule has 37 heavy (non-hydrogen) atoms. The SMILES string of the molecule is Cc1cc(C(F)(F)F)cc2c1cc(C(=O)c1c(Cl)ccc(C(=O)N3CCC(CC(=O)O)CC3)c1Cl)n2C. The maximum atomic E-state index is 13.6. The summed E-state index contributed by atoms with van der Waals surface area (Å²) in [4.78, 5) is 39.3. The molecule has 0 atom stereocenters. The van der Waals surface area contributed by atoms with Crippen molar-refractivity contribution in [2.24, 2.45) is 13.0 Å². The van der Waals surface area contributed by atoms with Gasteiger partial charge in [-0.25, -0.2) is 0 Å². The van der Waals surface area contributed by atoms with Crippen LogP contribution in [0.15, 0.2) is 30.3 Å². The summed E-state index contributed by atoms with van der Waals surface area (Å²) in [6.45, 7) is 2.23. The zero-order valence-corrected chi connectivity index (χ0v) is 21.5. The predicted molar refractivity (Wildman–Crippen MR) is 133 cm³/mol. The van der Waals surface area contributed by atoms with Crippen molar-refractivity contribution < 1.29 is 32.7 Å². The zero-order valence-electron chi connectivity index (χ0n) is 20.0. The molecular weight excluding hydrogens is 532 g/mol. The van der Waals surface area contributed by atoms with Gasteiger partial charge in [0.05, 0.1) is 32.4 Å². The van der Waals surface area contributed by atoms with E-state index >= 15 is 0 Å². The van der Waals surface area contributed by atoms with Crippen molar-refractivity contribution in [3.05, 3.63) is 68.3 Å². The molecule has 1 aliphatic heterocycles. The number of hydrogen-bond donors (Lipinski definition) is 1. The van der Waals surface area contributed by atoms with Crippen molar-refractivity contribution in [3.8, 4) is 0 Å². The molecule has 4 rings (SSSR count). The Morgan fingerprint density at radius 1 is 1.08 bits per heavy atom. The molecule has 1 fully saturated rings. The topological polar surface area (TPSA) is 79.6 Å². The van der Waals surface area contributed by atoms with Crippen molar-refractivity contribution in [2.45, 2.75) is 32.4 Å². The fourth-order valence-electron chi connectivity index (χ4n) is 4.80. The number of carboxylic acid groups (broad SMARTS) is 1. The van der Waals surface area contributed by atoms with Crippen LogP contribution in [0.3, 0.4) is 0 Å². The van der Waals surface area contributed by atoms with Crippen molar-refractivity contribution in [3.63, 3.8) is 0 Å². The maximum absolute atomic E-state index is 13.6. The number of alkyl halides is 3. The number of ketones is 1. The average Bonchev–Trinajstić information content (AvgIpc) is 3.15. The van der Waals surface area contributed by atoms with Gasteiger partial charge in [0.15, 0.2) is 0 Å². The molecule has 2 heterocycles. The minimum Gasteiger partial charge on any atom is -0.481 e. The van der Waals surface area contributed by atoms with Gasteiger partial charge >= 0.3 is 12.1 Å². The molecule has 0 spiro atoms. The van der Waals surface area contributed by atoms with Crippen molar-refractivity contribution in [1.29, 1.82) is 0 Å². The van der Waals surface area contributed by atoms with Crippen LogP contribution in [0.1, 0.15) is 56.8 Å². The Morgan fingerprint density at radius 3 is 2.32 bits per heavy atom. The lowest BCUT2D eigenvalue weighted by atomic mass is 9.93. The number of carbonyl (C=O) groups is 3. The lowest BCUT2D eigenvalue weighted by Crippen LogP contribution is -2.39. The molecular formula is C26H23Cl2F3N2O4. The minimum atomic E-state index is -4.54. The zero-order chi connectivity index (χ0) is 27.2. The van der Waals surface area contributed by atoms with Gasteiger partial charge in [0.2, 0.25) is 5.78 Å². The van der Waals surface area contributed by atoms with Gasteiger partial charge in [-0.05, 0) is 61.6 Å². The van der Waals surface area contributed by atoms with Gasteiger partial charge in [0, 0.05) is 37.5 Å². The number of carbonyl (C=O) groups excluding carboxylic acids is 2. The Labute approximate surface area is 220 Å². The average molecular weight is 555 g/mol. The maximum Gasteiger partial charge on any atom is 0.416 e. The molecule has 0 aliphatic carbocycles. The van der Waals surface area contributed by atoms with Crippen LogP contribution in [-0.4, -0.2) is 45.3 Å². The van der Waals surface area contributed by atoms with Gasteiger partial charge in [0.25, 0.3) is 5.91 Å². The van der Waals surface area contributed by atoms with E-state index in [1.807, 2.05) is 0 Å². The first-order valence-electron chi connectivity index (χ1n) is 11.5. The monoisotopic (exact) mass is 554 g/mol. The third-order valence-corrected chi connectivity index (χ3v) is 7.55. The van der Waals surface area contributed by atoms with E-state index in [0.29, 0.717) is 36.9 Å². The minimum absolute atomic E-state index is 0.00433. The van der Waals surface area contributed by atoms with Gasteiger partial charge < -0.3 is 14.6 Å². The number of nitrogens with zero attached hydrogens (tertiary/aromatic N) is 2. The largest absolute Gasteiger partial charge is 0.481 e. The Morgan fingerprint density at radius 2 is 1.73 bits per heavy atom. The highest BCUT2D eigenvalue weighted by Crippen LogP contribution is 2.36. The van der Waals surface area contributed by atoms with Crippen molar-refractivity contribution >= 4 is 51.8 Å². The van der Waals surface area contributed by atoms with E-state index in [-0.39, 0.29) is 44.7 Å². The van der Waals surface area contributed by atoms with Crippen LogP contribution in [0.5, 0.6) is 0 Å². The first-order chi connectivity index (χ1) is 17.3. The second kappa shape index (κ2) is 10.0. The number of aliphatic carboxylic acids is 1. The van der Waals surface area contributed by atoms with Gasteiger partial charge in [-0.1, -0.05) is 23.2 Å². The molecule has 2 aromatic carbocycles. The van der Waals surface area contributed by atoms with Crippen LogP contribution >= 0.6 is 23.2 Å². The summed E-state index contributed by atoms with van der Waals surface area (Å²) in [5, 5.41) is 9.33. The first kappa shape index (κ1) is 27.0. The number of rotatable bonds is 5. The highest BCUT2D eigenvalue weighted by molar-refractivity contribution is 6.42. The molecule has 0 bridgehead atoms. The molecule has 6 nitrogen and oxygen atoms in total. The summed E-state index contributed by atoms with van der Waals surface area (Å²) in [7, 11) is 1.48. The van der Waals surface area contributed by atoms with Crippen molar-refractivity contribution in [2.75, 3.05) is 13.1 Å². The lowest BCUT2D eigenvalue weighted by Gasteiger charge is -2.31. The summed E-state index contributed by atoms with van der Waals surface area (Å²) in [5.41, 5.74) is -0.227. The predicted octanol–water partition coefficient (Wildman–Crippen LogP) is 6.37. The van der Waals surface area contributed by atoms with Crippen LogP contribution in [0.2, 0.25) is 10.0 Å². The molecule has 0 unspecified atom stereocenters. The molecule has 1 N–H and O–H groups in total. The summed E-state index contributed by atoms with van der Waals surface area (Å²) in [6.07, 6.45) is -3.44. The van der Waals surface area contributed by atoms with E-state index in [2.05, 4.69) is 0 Å². The fourth-order valence-corrected chi connectivity index (χ4v) is 5.42. The van der Waals surface area contributed by atoms with Crippen LogP contribution in [-0.2, 0) is 18.0 Å². The van der Waals surface area contributed by atoms with E-state index in [4.69, 9.17) is 28.3 Å². The summed E-state index contributed by atoms with van der Waals surface area (Å²) >= 11 is 12.9. The summed E-state index contributed by atoms with van der Waals surface area (Å²) < 4.78 is 41.4. The Hall–Kier alpha value is -3.04. The number of piperidine rings is 1. The molecule has 196 valence electrons. The second-order valence-corrected chi connectivity index (χ2v) is 10.0. The Bertz CT molecular complexity index is 1420. The molecule has 0 radical (unpaired) electrons. The molecule has 0 saturated carbocycles. The number of benzene rings is 2. The van der Waals surface area contributed by atoms with Crippen molar-refractivity contribution in [1.82, 2.24) is 9.47 Å². The molecule has 1 aliphatic rings. The number of carboxylic acids is 1. The normalized spacial score (nSPS) is 14.8. The van der Waals surface area contributed by atoms with E-state index in [1.165, 1.54) is 36.7 Å². The van der Waals surface area contributed by atoms with E-state index in [9.17, 15) is 27.6 Å². The highest BCUT2D eigenvalue weighted by atomic mass is 35.5. The number of halogens is 5. The standard InChI is InChI=1S/C26H23Cl2F3N2O4/c1-13-9-15(26(29,30)31)11-19-17(13)12-20(32(19)2)24(36)22-18(27)4-3-16(23(22)28)25(37)33-7-5-14(6-8-33)10-21(34)35/h3-4,9,11-12,14H,5-8,10H2,1-2H3,(H,34,35). The lowest BCUT2D eigenvalue weighted by molar-refractivity contribution is -0.139. The first-order valence-corrected chi connectivity index (χ1v) is 12.3. The third-order valence-electron chi connectivity index (χ3n) is 6.84. The fraction of sp³-hybridized carbons (Fsp3) is 0.346. The van der Waals surface area contributed by atoms with E-state index < -0.39 is 29.4 Å². The molecule has 1 aromatic heterocycles. The summed E-state index contributed by atoms with van der Waals surface area (Å²) in [6, 6.07) is 6.31. The quantitative estimate of drug-likeness (QED) is 0.371. The number of fused-ring (bicyclic) bond motifs is 1. The number of likely N-dealkylation sites (tertiary alicyclic amines) is 1. The van der Waals surface area contributed by atoms with Gasteiger partial charge in [0.1, 0.15) is 0 Å². The van der Waals surface area contributed by atoms with Gasteiger partial charge in [-0.3, -0.25) is 14.4 Å². The number of hydrogen-bond acceptors (Lipinski definition) is 3. The van der Waals surface area contributed by atoms with Crippen LogP contribution in [0.25, 0.3) is 10.9 Å².